The fourth-order valence-corrected chi connectivity index (χ4v) is 2.28. The number of anilines is 2. The van der Waals surface area contributed by atoms with Gasteiger partial charge in [0.15, 0.2) is 17.3 Å². The molecule has 0 saturated heterocycles. The quantitative estimate of drug-likeness (QED) is 0.756. The van der Waals surface area contributed by atoms with Crippen molar-refractivity contribution in [2.75, 3.05) is 5.32 Å². The number of primary amides is 1. The van der Waals surface area contributed by atoms with E-state index in [1.54, 1.807) is 24.3 Å². The van der Waals surface area contributed by atoms with Gasteiger partial charge in [-0.2, -0.15) is 5.10 Å². The van der Waals surface area contributed by atoms with Gasteiger partial charge in [0.1, 0.15) is 5.69 Å². The molecule has 0 atom stereocenters. The summed E-state index contributed by atoms with van der Waals surface area (Å²) in [5.41, 5.74) is 5.57. The first-order chi connectivity index (χ1) is 11.5. The van der Waals surface area contributed by atoms with Crippen molar-refractivity contribution in [1.82, 2.24) is 9.78 Å². The van der Waals surface area contributed by atoms with E-state index in [1.165, 1.54) is 12.3 Å². The molecule has 0 bridgehead atoms. The Morgan fingerprint density at radius 1 is 1.12 bits per heavy atom. The normalized spacial score (nSPS) is 10.6. The topological polar surface area (TPSA) is 72.9 Å². The van der Waals surface area contributed by atoms with Crippen molar-refractivity contribution >= 4 is 28.9 Å². The standard InChI is InChI=1S/C16H11ClF2N4O/c17-9-4-6-10(7-5-9)21-13-8-23(22-14(13)16(20)24)15-11(18)2-1-3-12(15)19/h1-8,21H,(H2,20,24). The Balaban J connectivity index is 2.05. The van der Waals surface area contributed by atoms with Crippen LogP contribution in [0.25, 0.3) is 5.69 Å². The van der Waals surface area contributed by atoms with Gasteiger partial charge in [-0.3, -0.25) is 4.79 Å². The van der Waals surface area contributed by atoms with Gasteiger partial charge in [-0.25, -0.2) is 13.5 Å². The molecule has 0 radical (unpaired) electrons. The molecule has 3 rings (SSSR count). The van der Waals surface area contributed by atoms with Crippen LogP contribution < -0.4 is 11.1 Å². The van der Waals surface area contributed by atoms with E-state index in [-0.39, 0.29) is 11.4 Å². The lowest BCUT2D eigenvalue weighted by atomic mass is 10.3. The molecule has 8 heteroatoms. The van der Waals surface area contributed by atoms with E-state index in [2.05, 4.69) is 10.4 Å². The average molecular weight is 349 g/mol. The van der Waals surface area contributed by atoms with Crippen LogP contribution in [-0.2, 0) is 0 Å². The Kier molecular flexibility index (Phi) is 4.18. The Bertz CT molecular complexity index is 889. The second-order valence-electron chi connectivity index (χ2n) is 4.90. The van der Waals surface area contributed by atoms with Crippen molar-refractivity contribution < 1.29 is 13.6 Å². The van der Waals surface area contributed by atoms with Gasteiger partial charge in [-0.1, -0.05) is 17.7 Å². The van der Waals surface area contributed by atoms with Gasteiger partial charge in [-0.15, -0.1) is 0 Å². The van der Waals surface area contributed by atoms with E-state index in [9.17, 15) is 13.6 Å². The van der Waals surface area contributed by atoms with Crippen LogP contribution in [-0.4, -0.2) is 15.7 Å². The number of hydrogen-bond acceptors (Lipinski definition) is 3. The van der Waals surface area contributed by atoms with E-state index in [1.807, 2.05) is 0 Å². The number of nitrogens with one attached hydrogen (secondary N) is 1. The number of nitrogens with two attached hydrogens (primary N) is 1. The minimum absolute atomic E-state index is 0.146. The molecule has 3 aromatic rings. The molecule has 2 aromatic carbocycles. The summed E-state index contributed by atoms with van der Waals surface area (Å²) in [7, 11) is 0. The van der Waals surface area contributed by atoms with Crippen LogP contribution in [0.4, 0.5) is 20.2 Å². The summed E-state index contributed by atoms with van der Waals surface area (Å²) in [6.45, 7) is 0. The predicted octanol–water partition coefficient (Wildman–Crippen LogP) is 3.65. The molecule has 1 amide bonds. The molecule has 1 aromatic heterocycles. The van der Waals surface area contributed by atoms with Crippen molar-refractivity contribution in [3.05, 3.63) is 71.0 Å². The molecule has 5 nitrogen and oxygen atoms in total. The minimum Gasteiger partial charge on any atom is -0.364 e. The van der Waals surface area contributed by atoms with Crippen LogP contribution in [0.5, 0.6) is 0 Å². The molecule has 122 valence electrons. The fraction of sp³-hybridized carbons (Fsp3) is 0. The number of para-hydroxylation sites is 1. The third kappa shape index (κ3) is 3.07. The summed E-state index contributed by atoms with van der Waals surface area (Å²) >= 11 is 5.81. The largest absolute Gasteiger partial charge is 0.364 e. The highest BCUT2D eigenvalue weighted by molar-refractivity contribution is 6.30. The minimum atomic E-state index is -0.832. The van der Waals surface area contributed by atoms with Gasteiger partial charge in [0.25, 0.3) is 5.91 Å². The van der Waals surface area contributed by atoms with E-state index in [0.717, 1.165) is 16.8 Å². The second kappa shape index (κ2) is 6.29. The second-order valence-corrected chi connectivity index (χ2v) is 5.34. The van der Waals surface area contributed by atoms with Crippen molar-refractivity contribution in [2.24, 2.45) is 5.73 Å². The van der Waals surface area contributed by atoms with Gasteiger partial charge < -0.3 is 11.1 Å². The first kappa shape index (κ1) is 15.9. The summed E-state index contributed by atoms with van der Waals surface area (Å²) in [5.74, 6) is -2.46. The maximum atomic E-state index is 13.9. The summed E-state index contributed by atoms with van der Waals surface area (Å²) in [6.07, 6.45) is 1.29. The van der Waals surface area contributed by atoms with Gasteiger partial charge in [0.2, 0.25) is 0 Å². The van der Waals surface area contributed by atoms with Crippen LogP contribution in [0.1, 0.15) is 10.5 Å². The molecule has 0 saturated carbocycles. The lowest BCUT2D eigenvalue weighted by Crippen LogP contribution is -2.14. The maximum Gasteiger partial charge on any atom is 0.271 e. The van der Waals surface area contributed by atoms with E-state index in [4.69, 9.17) is 17.3 Å². The zero-order chi connectivity index (χ0) is 17.3. The molecule has 0 aliphatic rings. The summed E-state index contributed by atoms with van der Waals surface area (Å²) in [4.78, 5) is 11.6. The number of nitrogens with zero attached hydrogens (tertiary/aromatic N) is 2. The smallest absolute Gasteiger partial charge is 0.271 e. The zero-order valence-corrected chi connectivity index (χ0v) is 12.9. The van der Waals surface area contributed by atoms with Crippen LogP contribution >= 0.6 is 11.6 Å². The molecule has 0 fully saturated rings. The number of halogens is 3. The Morgan fingerprint density at radius 3 is 2.33 bits per heavy atom. The van der Waals surface area contributed by atoms with Crippen molar-refractivity contribution in [3.63, 3.8) is 0 Å². The maximum absolute atomic E-state index is 13.9. The van der Waals surface area contributed by atoms with Crippen LogP contribution in [0.15, 0.2) is 48.7 Å². The van der Waals surface area contributed by atoms with Crippen LogP contribution in [0.2, 0.25) is 5.02 Å². The van der Waals surface area contributed by atoms with Gasteiger partial charge >= 0.3 is 0 Å². The lowest BCUT2D eigenvalue weighted by Gasteiger charge is -2.05. The highest BCUT2D eigenvalue weighted by Gasteiger charge is 2.19. The number of carbonyl (C=O) groups excluding carboxylic acids is 1. The highest BCUT2D eigenvalue weighted by Crippen LogP contribution is 2.25. The van der Waals surface area contributed by atoms with E-state index in [0.29, 0.717) is 10.7 Å². The van der Waals surface area contributed by atoms with Crippen molar-refractivity contribution in [1.29, 1.82) is 0 Å². The molecule has 0 spiro atoms. The Hall–Kier alpha value is -2.93. The first-order valence-corrected chi connectivity index (χ1v) is 7.20. The molecule has 0 unspecified atom stereocenters. The molecule has 1 heterocycles. The van der Waals surface area contributed by atoms with E-state index >= 15 is 0 Å². The van der Waals surface area contributed by atoms with Crippen LogP contribution in [0.3, 0.4) is 0 Å². The van der Waals surface area contributed by atoms with Crippen molar-refractivity contribution in [3.8, 4) is 5.69 Å². The molecular formula is C16H11ClF2N4O. The number of amides is 1. The monoisotopic (exact) mass is 348 g/mol. The van der Waals surface area contributed by atoms with E-state index < -0.39 is 23.2 Å². The Labute approximate surface area is 140 Å². The number of aromatic nitrogens is 2. The van der Waals surface area contributed by atoms with Gasteiger partial charge in [0, 0.05) is 10.7 Å². The third-order valence-electron chi connectivity index (χ3n) is 3.24. The summed E-state index contributed by atoms with van der Waals surface area (Å²) in [6, 6.07) is 10.1. The number of rotatable bonds is 4. The molecule has 0 aliphatic carbocycles. The lowest BCUT2D eigenvalue weighted by molar-refractivity contribution is 0.0996. The molecular weight excluding hydrogens is 338 g/mol. The van der Waals surface area contributed by atoms with Gasteiger partial charge in [-0.05, 0) is 36.4 Å². The number of carbonyl (C=O) groups is 1. The highest BCUT2D eigenvalue weighted by atomic mass is 35.5. The van der Waals surface area contributed by atoms with Crippen molar-refractivity contribution in [2.45, 2.75) is 0 Å². The van der Waals surface area contributed by atoms with Crippen LogP contribution in [0, 0.1) is 11.6 Å². The SMILES string of the molecule is NC(=O)c1nn(-c2c(F)cccc2F)cc1Nc1ccc(Cl)cc1. The molecule has 0 aliphatic heterocycles. The predicted molar refractivity (Wildman–Crippen MR) is 86.7 cm³/mol. The molecule has 24 heavy (non-hydrogen) atoms. The number of benzene rings is 2. The number of hydrogen-bond donors (Lipinski definition) is 2. The Morgan fingerprint density at radius 2 is 1.75 bits per heavy atom. The average Bonchev–Trinajstić information content (AvgIpc) is 2.93. The summed E-state index contributed by atoms with van der Waals surface area (Å²) < 4.78 is 28.7. The zero-order valence-electron chi connectivity index (χ0n) is 12.1. The fourth-order valence-electron chi connectivity index (χ4n) is 2.16. The molecule has 3 N–H and O–H groups in total. The summed E-state index contributed by atoms with van der Waals surface area (Å²) in [5, 5.41) is 7.35. The third-order valence-corrected chi connectivity index (χ3v) is 3.49. The first-order valence-electron chi connectivity index (χ1n) is 6.82. The van der Waals surface area contributed by atoms with Gasteiger partial charge in [0.05, 0.1) is 11.9 Å².